The summed E-state index contributed by atoms with van der Waals surface area (Å²) < 4.78 is 23.5. The largest absolute Gasteiger partial charge is 0.497 e. The number of benzene rings is 3. The number of aliphatic hydroxyl groups excluding tert-OH is 1. The van der Waals surface area contributed by atoms with E-state index in [0.717, 1.165) is 16.9 Å². The van der Waals surface area contributed by atoms with Crippen molar-refractivity contribution >= 4 is 5.97 Å². The van der Waals surface area contributed by atoms with Gasteiger partial charge >= 0.3 is 5.97 Å². The number of aliphatic hydroxyl groups is 1. The van der Waals surface area contributed by atoms with Crippen molar-refractivity contribution in [1.29, 1.82) is 0 Å². The van der Waals surface area contributed by atoms with Gasteiger partial charge in [0, 0.05) is 6.42 Å². The van der Waals surface area contributed by atoms with Crippen LogP contribution in [0.1, 0.15) is 40.7 Å². The van der Waals surface area contributed by atoms with Crippen molar-refractivity contribution in [3.05, 3.63) is 102 Å². The summed E-state index contributed by atoms with van der Waals surface area (Å²) in [7, 11) is 1.63. The van der Waals surface area contributed by atoms with Crippen LogP contribution in [0.5, 0.6) is 5.75 Å². The maximum atomic E-state index is 12.7. The van der Waals surface area contributed by atoms with Crippen LogP contribution in [0.3, 0.4) is 0 Å². The van der Waals surface area contributed by atoms with Gasteiger partial charge in [0.2, 0.25) is 0 Å². The van der Waals surface area contributed by atoms with Gasteiger partial charge in [0.15, 0.2) is 0 Å². The van der Waals surface area contributed by atoms with Crippen LogP contribution < -0.4 is 4.74 Å². The highest BCUT2D eigenvalue weighted by atomic mass is 16.6. The topological polar surface area (TPSA) is 74.2 Å². The minimum absolute atomic E-state index is 0.325. The Kier molecular flexibility index (Phi) is 8.90. The summed E-state index contributed by atoms with van der Waals surface area (Å²) in [5, 5.41) is 11.0. The summed E-state index contributed by atoms with van der Waals surface area (Å²) in [6, 6.07) is 26.4. The number of carbonyl (C=O) groups excluding carboxylic acids is 1. The molecule has 184 valence electrons. The summed E-state index contributed by atoms with van der Waals surface area (Å²) in [6.07, 6.45) is -0.697. The fraction of sp³-hybridized carbons (Fsp3) is 0.345. The highest BCUT2D eigenvalue weighted by molar-refractivity contribution is 5.89. The molecule has 4 atom stereocenters. The Balaban J connectivity index is 1.46. The van der Waals surface area contributed by atoms with Crippen LogP contribution >= 0.6 is 0 Å². The van der Waals surface area contributed by atoms with E-state index in [1.54, 1.807) is 19.2 Å². The molecule has 0 bridgehead atoms. The molecule has 1 aliphatic carbocycles. The normalized spacial score (nSPS) is 22.2. The van der Waals surface area contributed by atoms with E-state index >= 15 is 0 Å². The van der Waals surface area contributed by atoms with Gasteiger partial charge in [0.1, 0.15) is 18.0 Å². The van der Waals surface area contributed by atoms with E-state index in [2.05, 4.69) is 0 Å². The first kappa shape index (κ1) is 24.9. The highest BCUT2D eigenvalue weighted by Gasteiger charge is 2.37. The van der Waals surface area contributed by atoms with Crippen molar-refractivity contribution < 1.29 is 28.8 Å². The summed E-state index contributed by atoms with van der Waals surface area (Å²) in [5.41, 5.74) is 2.50. The van der Waals surface area contributed by atoms with Crippen molar-refractivity contribution in [2.45, 2.75) is 56.9 Å². The van der Waals surface area contributed by atoms with Crippen molar-refractivity contribution in [2.75, 3.05) is 7.11 Å². The number of methoxy groups -OCH3 is 1. The second kappa shape index (κ2) is 12.5. The Hall–Kier alpha value is -3.19. The molecule has 0 aromatic heterocycles. The molecular formula is C29H32O6. The van der Waals surface area contributed by atoms with Gasteiger partial charge in [-0.25, -0.2) is 4.79 Å². The molecule has 4 rings (SSSR count). The van der Waals surface area contributed by atoms with Crippen LogP contribution in [-0.2, 0) is 27.4 Å². The van der Waals surface area contributed by atoms with Crippen LogP contribution in [0.2, 0.25) is 0 Å². The second-order valence-electron chi connectivity index (χ2n) is 8.73. The van der Waals surface area contributed by atoms with Crippen LogP contribution in [-0.4, -0.2) is 42.6 Å². The summed E-state index contributed by atoms with van der Waals surface area (Å²) in [6.45, 7) is 0.700. The van der Waals surface area contributed by atoms with Crippen LogP contribution in [0.4, 0.5) is 0 Å². The Bertz CT molecular complexity index is 1040. The van der Waals surface area contributed by atoms with Gasteiger partial charge in [-0.05, 0) is 48.2 Å². The molecule has 1 N–H and O–H groups in total. The third kappa shape index (κ3) is 7.15. The van der Waals surface area contributed by atoms with Gasteiger partial charge in [-0.1, -0.05) is 60.7 Å². The Morgan fingerprint density at radius 2 is 1.46 bits per heavy atom. The molecule has 1 aliphatic rings. The fourth-order valence-electron chi connectivity index (χ4n) is 4.25. The van der Waals surface area contributed by atoms with Crippen molar-refractivity contribution in [2.24, 2.45) is 0 Å². The van der Waals surface area contributed by atoms with Crippen molar-refractivity contribution in [1.82, 2.24) is 0 Å². The molecule has 0 aliphatic heterocycles. The standard InChI is InChI=1S/C29H32O6/c1-32-24-14-12-22(13-15-24)20-34-28-26(30)17-16-25(35-29(31)23-10-6-3-7-11-23)18-27(28)33-19-21-8-4-2-5-9-21/h2-15,25-28,30H,16-20H2,1H3/t25?,26-,27-,28-/m1/s1. The monoisotopic (exact) mass is 476 g/mol. The first-order valence-electron chi connectivity index (χ1n) is 12.0. The molecule has 0 spiro atoms. The molecule has 35 heavy (non-hydrogen) atoms. The van der Waals surface area contributed by atoms with E-state index in [-0.39, 0.29) is 12.1 Å². The molecule has 1 saturated carbocycles. The molecule has 1 fully saturated rings. The predicted octanol–water partition coefficient (Wildman–Crippen LogP) is 4.94. The quantitative estimate of drug-likeness (QED) is 0.349. The lowest BCUT2D eigenvalue weighted by atomic mass is 10.1. The average molecular weight is 477 g/mol. The van der Waals surface area contributed by atoms with E-state index in [1.165, 1.54) is 0 Å². The van der Waals surface area contributed by atoms with Gasteiger partial charge in [-0.2, -0.15) is 0 Å². The molecule has 0 saturated heterocycles. The van der Waals surface area contributed by atoms with E-state index < -0.39 is 18.3 Å². The first-order chi connectivity index (χ1) is 17.1. The van der Waals surface area contributed by atoms with Gasteiger partial charge in [-0.15, -0.1) is 0 Å². The van der Waals surface area contributed by atoms with Crippen molar-refractivity contribution in [3.63, 3.8) is 0 Å². The molecule has 0 amide bonds. The molecule has 6 nitrogen and oxygen atoms in total. The number of esters is 1. The predicted molar refractivity (Wildman–Crippen MR) is 132 cm³/mol. The lowest BCUT2D eigenvalue weighted by Gasteiger charge is -2.29. The third-order valence-corrected chi connectivity index (χ3v) is 6.22. The number of carbonyl (C=O) groups is 1. The zero-order valence-electron chi connectivity index (χ0n) is 19.9. The number of hydrogen-bond acceptors (Lipinski definition) is 6. The van der Waals surface area contributed by atoms with E-state index in [1.807, 2.05) is 72.8 Å². The summed E-state index contributed by atoms with van der Waals surface area (Å²) >= 11 is 0. The van der Waals surface area contributed by atoms with Gasteiger partial charge in [-0.3, -0.25) is 0 Å². The first-order valence-corrected chi connectivity index (χ1v) is 12.0. The number of rotatable bonds is 9. The highest BCUT2D eigenvalue weighted by Crippen LogP contribution is 2.28. The van der Waals surface area contributed by atoms with E-state index in [9.17, 15) is 9.90 Å². The molecule has 0 radical (unpaired) electrons. The molecule has 0 heterocycles. The minimum Gasteiger partial charge on any atom is -0.497 e. The second-order valence-corrected chi connectivity index (χ2v) is 8.73. The maximum Gasteiger partial charge on any atom is 0.338 e. The third-order valence-electron chi connectivity index (χ3n) is 6.22. The smallest absolute Gasteiger partial charge is 0.338 e. The Morgan fingerprint density at radius 1 is 0.829 bits per heavy atom. The van der Waals surface area contributed by atoms with Crippen LogP contribution in [0.15, 0.2) is 84.9 Å². The number of hydrogen-bond donors (Lipinski definition) is 1. The minimum atomic E-state index is -0.741. The van der Waals surface area contributed by atoms with Crippen molar-refractivity contribution in [3.8, 4) is 5.75 Å². The van der Waals surface area contributed by atoms with Crippen LogP contribution in [0, 0.1) is 0 Å². The van der Waals surface area contributed by atoms with E-state index in [4.69, 9.17) is 18.9 Å². The summed E-state index contributed by atoms with van der Waals surface area (Å²) in [4.78, 5) is 12.7. The molecule has 3 aromatic carbocycles. The van der Waals surface area contributed by atoms with Gasteiger partial charge in [0.25, 0.3) is 0 Å². The molecule has 3 aromatic rings. The Morgan fingerprint density at radius 3 is 2.14 bits per heavy atom. The SMILES string of the molecule is COc1ccc(CO[C@@H]2[C@H](O)CCC(OC(=O)c3ccccc3)C[C@H]2OCc2ccccc2)cc1. The zero-order chi connectivity index (χ0) is 24.5. The van der Waals surface area contributed by atoms with Crippen LogP contribution in [0.25, 0.3) is 0 Å². The Labute approximate surface area is 206 Å². The molecular weight excluding hydrogens is 444 g/mol. The maximum absolute atomic E-state index is 12.7. The molecule has 1 unspecified atom stereocenters. The zero-order valence-corrected chi connectivity index (χ0v) is 19.9. The lowest BCUT2D eigenvalue weighted by molar-refractivity contribution is -0.133. The summed E-state index contributed by atoms with van der Waals surface area (Å²) in [5.74, 6) is 0.403. The lowest BCUT2D eigenvalue weighted by Crippen LogP contribution is -2.40. The van der Waals surface area contributed by atoms with E-state index in [0.29, 0.717) is 38.0 Å². The number of ether oxygens (including phenoxy) is 4. The van der Waals surface area contributed by atoms with Gasteiger partial charge in [0.05, 0.1) is 38.1 Å². The molecule has 6 heteroatoms. The average Bonchev–Trinajstić information content (AvgIpc) is 3.05. The van der Waals surface area contributed by atoms with Gasteiger partial charge < -0.3 is 24.1 Å². The fourth-order valence-corrected chi connectivity index (χ4v) is 4.25.